The van der Waals surface area contributed by atoms with Crippen LogP contribution < -0.4 is 0 Å². The van der Waals surface area contributed by atoms with Crippen molar-refractivity contribution in [1.82, 2.24) is 4.31 Å². The average molecular weight is 395 g/mol. The molecule has 1 aromatic rings. The highest BCUT2D eigenvalue weighted by molar-refractivity contribution is 7.90. The van der Waals surface area contributed by atoms with Gasteiger partial charge in [0.25, 0.3) is 0 Å². The number of hydrogen-bond donors (Lipinski definition) is 0. The minimum absolute atomic E-state index is 0.0580. The summed E-state index contributed by atoms with van der Waals surface area (Å²) in [5.41, 5.74) is 0.147. The molecule has 146 valence electrons. The predicted molar refractivity (Wildman–Crippen MR) is 95.2 cm³/mol. The molecule has 7 heteroatoms. The first-order chi connectivity index (χ1) is 12.6. The lowest BCUT2D eigenvalue weighted by molar-refractivity contribution is -0.130. The first-order valence-electron chi connectivity index (χ1n) is 9.59. The van der Waals surface area contributed by atoms with Crippen LogP contribution >= 0.6 is 0 Å². The van der Waals surface area contributed by atoms with Crippen molar-refractivity contribution >= 4 is 15.9 Å². The molecule has 1 heterocycles. The van der Waals surface area contributed by atoms with Gasteiger partial charge in [-0.05, 0) is 60.6 Å². The molecule has 1 aromatic carbocycles. The summed E-state index contributed by atoms with van der Waals surface area (Å²) in [7, 11) is -3.64. The van der Waals surface area contributed by atoms with E-state index in [1.165, 1.54) is 10.4 Å². The zero-order chi connectivity index (χ0) is 19.4. The molecule has 1 unspecified atom stereocenters. The van der Waals surface area contributed by atoms with Crippen molar-refractivity contribution in [2.24, 2.45) is 22.7 Å². The van der Waals surface area contributed by atoms with E-state index < -0.39 is 27.6 Å². The number of carbonyl (C=O) groups excluding carboxylic acids is 1. The van der Waals surface area contributed by atoms with Gasteiger partial charge in [-0.2, -0.15) is 0 Å². The van der Waals surface area contributed by atoms with Crippen molar-refractivity contribution in [3.63, 3.8) is 0 Å². The lowest BCUT2D eigenvalue weighted by Crippen LogP contribution is -2.44. The van der Waals surface area contributed by atoms with Crippen LogP contribution in [0.4, 0.5) is 8.78 Å². The maximum atomic E-state index is 13.5. The van der Waals surface area contributed by atoms with Gasteiger partial charge in [0.1, 0.15) is 0 Å². The fourth-order valence-corrected chi connectivity index (χ4v) is 8.91. The molecule has 27 heavy (non-hydrogen) atoms. The van der Waals surface area contributed by atoms with Crippen molar-refractivity contribution in [2.75, 3.05) is 5.75 Å². The minimum atomic E-state index is -3.64. The maximum Gasteiger partial charge on any atom is 0.240 e. The van der Waals surface area contributed by atoms with E-state index in [1.807, 2.05) is 0 Å². The molecule has 3 saturated carbocycles. The van der Waals surface area contributed by atoms with Gasteiger partial charge in [-0.25, -0.2) is 21.5 Å². The first kappa shape index (κ1) is 17.6. The van der Waals surface area contributed by atoms with E-state index in [0.29, 0.717) is 17.9 Å². The Morgan fingerprint density at radius 2 is 1.93 bits per heavy atom. The summed E-state index contributed by atoms with van der Waals surface area (Å²) < 4.78 is 53.8. The second kappa shape index (κ2) is 5.10. The highest BCUT2D eigenvalue weighted by Gasteiger charge is 2.73. The van der Waals surface area contributed by atoms with Gasteiger partial charge < -0.3 is 0 Å². The van der Waals surface area contributed by atoms with Gasteiger partial charge in [0.05, 0.1) is 11.8 Å². The molecule has 5 rings (SSSR count). The van der Waals surface area contributed by atoms with Crippen LogP contribution in [0, 0.1) is 34.3 Å². The number of fused-ring (bicyclic) bond motifs is 1. The molecule has 1 amide bonds. The van der Waals surface area contributed by atoms with Crippen LogP contribution in [0.1, 0.15) is 51.0 Å². The number of rotatable bonds is 2. The molecule has 0 radical (unpaired) electrons. The van der Waals surface area contributed by atoms with Gasteiger partial charge in [-0.3, -0.25) is 4.79 Å². The van der Waals surface area contributed by atoms with Gasteiger partial charge in [0, 0.05) is 11.3 Å². The summed E-state index contributed by atoms with van der Waals surface area (Å²) in [6.45, 7) is 4.30. The van der Waals surface area contributed by atoms with E-state index in [1.54, 1.807) is 0 Å². The molecule has 4 fully saturated rings. The summed E-state index contributed by atoms with van der Waals surface area (Å²) in [6, 6.07) is 3.42. The van der Waals surface area contributed by atoms with Crippen LogP contribution in [0.25, 0.3) is 0 Å². The largest absolute Gasteiger partial charge is 0.273 e. The molecule has 0 N–H and O–H groups in total. The van der Waals surface area contributed by atoms with Crippen LogP contribution in [-0.2, 0) is 14.8 Å². The summed E-state index contributed by atoms with van der Waals surface area (Å²) >= 11 is 0. The third-order valence-corrected chi connectivity index (χ3v) is 10.0. The Bertz CT molecular complexity index is 960. The zero-order valence-electron chi connectivity index (χ0n) is 15.4. The van der Waals surface area contributed by atoms with Crippen molar-refractivity contribution in [3.05, 3.63) is 35.4 Å². The second-order valence-electron chi connectivity index (χ2n) is 9.38. The fraction of sp³-hybridized carbons (Fsp3) is 0.650. The first-order valence-corrected chi connectivity index (χ1v) is 11.2. The summed E-state index contributed by atoms with van der Waals surface area (Å²) in [5, 5.41) is 0. The minimum Gasteiger partial charge on any atom is -0.273 e. The predicted octanol–water partition coefficient (Wildman–Crippen LogP) is 3.44. The number of halogens is 2. The molecule has 1 aliphatic heterocycles. The number of amides is 1. The summed E-state index contributed by atoms with van der Waals surface area (Å²) in [5.74, 6) is -2.39. The maximum absolute atomic E-state index is 13.5. The molecular weight excluding hydrogens is 372 g/mol. The highest BCUT2D eigenvalue weighted by Crippen LogP contribution is 2.70. The van der Waals surface area contributed by atoms with Gasteiger partial charge in [-0.1, -0.05) is 19.9 Å². The Kier molecular flexibility index (Phi) is 3.32. The van der Waals surface area contributed by atoms with Crippen LogP contribution in [0.15, 0.2) is 18.2 Å². The van der Waals surface area contributed by atoms with Gasteiger partial charge in [0.2, 0.25) is 15.9 Å². The van der Waals surface area contributed by atoms with Crippen LogP contribution in [0.3, 0.4) is 0 Å². The summed E-state index contributed by atoms with van der Waals surface area (Å²) in [4.78, 5) is 13.2. The van der Waals surface area contributed by atoms with Crippen LogP contribution in [-0.4, -0.2) is 30.4 Å². The molecule has 3 aliphatic carbocycles. The second-order valence-corrected chi connectivity index (χ2v) is 11.2. The SMILES string of the molecule is CC1(C)C2CC[C@]13CS(=O)(=O)N(C(=O)[C@H]1C[C@@H]1c1ccc(F)c(F)c1)[C@@H]3C2. The molecule has 4 aliphatic rings. The number of carbonyl (C=O) groups is 1. The van der Waals surface area contributed by atoms with Crippen LogP contribution in [0.5, 0.6) is 0 Å². The van der Waals surface area contributed by atoms with Crippen molar-refractivity contribution in [2.45, 2.75) is 51.5 Å². The Morgan fingerprint density at radius 1 is 1.19 bits per heavy atom. The van der Waals surface area contributed by atoms with Gasteiger partial charge in [0.15, 0.2) is 11.6 Å². The molecule has 0 aromatic heterocycles. The lowest BCUT2D eigenvalue weighted by atomic mass is 9.69. The smallest absolute Gasteiger partial charge is 0.240 e. The third-order valence-electron chi connectivity index (χ3n) is 8.11. The molecule has 2 bridgehead atoms. The average Bonchev–Trinajstić information content (AvgIpc) is 3.24. The highest BCUT2D eigenvalue weighted by atomic mass is 32.2. The zero-order valence-corrected chi connectivity index (χ0v) is 16.2. The standard InChI is InChI=1S/C20H23F2NO3S/c1-19(2)12-5-6-20(19)10-27(25,26)23(17(20)8-12)18(24)14-9-13(14)11-3-4-15(21)16(22)7-11/h3-4,7,12-14,17H,5-6,8-10H2,1-2H3/t12?,13-,14+,17-,20-/m1/s1. The van der Waals surface area contributed by atoms with Crippen LogP contribution in [0.2, 0.25) is 0 Å². The third kappa shape index (κ3) is 2.12. The Morgan fingerprint density at radius 3 is 2.59 bits per heavy atom. The van der Waals surface area contributed by atoms with Crippen molar-refractivity contribution < 1.29 is 22.0 Å². The fourth-order valence-electron chi connectivity index (χ4n) is 6.32. The van der Waals surface area contributed by atoms with E-state index in [0.717, 1.165) is 31.4 Å². The summed E-state index contributed by atoms with van der Waals surface area (Å²) in [6.07, 6.45) is 3.13. The molecule has 1 saturated heterocycles. The van der Waals surface area contributed by atoms with Crippen molar-refractivity contribution in [1.29, 1.82) is 0 Å². The molecule has 1 spiro atoms. The quantitative estimate of drug-likeness (QED) is 0.771. The Labute approximate surface area is 158 Å². The Balaban J connectivity index is 1.44. The Hall–Kier alpha value is -1.50. The molecule has 4 nitrogen and oxygen atoms in total. The van der Waals surface area contributed by atoms with E-state index in [-0.39, 0.29) is 34.4 Å². The monoisotopic (exact) mass is 395 g/mol. The number of benzene rings is 1. The van der Waals surface area contributed by atoms with E-state index in [9.17, 15) is 22.0 Å². The molecule has 5 atom stereocenters. The molecular formula is C20H23F2NO3S. The number of hydrogen-bond acceptors (Lipinski definition) is 3. The van der Waals surface area contributed by atoms with Gasteiger partial charge in [-0.15, -0.1) is 0 Å². The van der Waals surface area contributed by atoms with Gasteiger partial charge >= 0.3 is 0 Å². The normalized spacial score (nSPS) is 40.2. The van der Waals surface area contributed by atoms with E-state index in [2.05, 4.69) is 13.8 Å². The van der Waals surface area contributed by atoms with E-state index in [4.69, 9.17) is 0 Å². The number of sulfonamides is 1. The van der Waals surface area contributed by atoms with E-state index >= 15 is 0 Å². The topological polar surface area (TPSA) is 54.5 Å². The lowest BCUT2D eigenvalue weighted by Gasteiger charge is -2.37. The number of nitrogens with zero attached hydrogens (tertiary/aromatic N) is 1. The van der Waals surface area contributed by atoms with Crippen molar-refractivity contribution in [3.8, 4) is 0 Å².